The molecule has 1 fully saturated rings. The molecule has 0 aliphatic carbocycles. The van der Waals surface area contributed by atoms with Gasteiger partial charge in [-0.1, -0.05) is 0 Å². The first-order valence-corrected chi connectivity index (χ1v) is 8.53. The maximum Gasteiger partial charge on any atom is 0.273 e. The SMILES string of the molecule is NCCc1nc(C(=O)N2CCN(c3ccc(O)cc3)CC2)cs1. The number of benzene rings is 1. The molecule has 1 amide bonds. The van der Waals surface area contributed by atoms with Crippen molar-refractivity contribution in [3.05, 3.63) is 40.3 Å². The number of rotatable bonds is 4. The Kier molecular flexibility index (Phi) is 4.78. The Labute approximate surface area is 139 Å². The van der Waals surface area contributed by atoms with E-state index in [1.54, 1.807) is 12.1 Å². The minimum Gasteiger partial charge on any atom is -0.508 e. The molecule has 1 aromatic heterocycles. The van der Waals surface area contributed by atoms with E-state index < -0.39 is 0 Å². The molecular formula is C16H20N4O2S. The average Bonchev–Trinajstić information content (AvgIpc) is 3.04. The molecule has 0 radical (unpaired) electrons. The Morgan fingerprint density at radius 3 is 2.57 bits per heavy atom. The van der Waals surface area contributed by atoms with E-state index in [-0.39, 0.29) is 11.7 Å². The van der Waals surface area contributed by atoms with E-state index in [0.29, 0.717) is 31.7 Å². The van der Waals surface area contributed by atoms with Crippen LogP contribution in [0.15, 0.2) is 29.6 Å². The zero-order chi connectivity index (χ0) is 16.2. The number of nitrogens with zero attached hydrogens (tertiary/aromatic N) is 3. The summed E-state index contributed by atoms with van der Waals surface area (Å²) in [6, 6.07) is 7.15. The quantitative estimate of drug-likeness (QED) is 0.882. The second-order valence-corrected chi connectivity index (χ2v) is 6.40. The zero-order valence-electron chi connectivity index (χ0n) is 12.8. The number of anilines is 1. The van der Waals surface area contributed by atoms with Crippen molar-refractivity contribution in [2.24, 2.45) is 5.73 Å². The fraction of sp³-hybridized carbons (Fsp3) is 0.375. The molecule has 0 atom stereocenters. The first-order chi connectivity index (χ1) is 11.2. The van der Waals surface area contributed by atoms with E-state index in [1.165, 1.54) is 11.3 Å². The van der Waals surface area contributed by atoms with Crippen LogP contribution in [0, 0.1) is 0 Å². The number of carbonyl (C=O) groups excluding carboxylic acids is 1. The highest BCUT2D eigenvalue weighted by molar-refractivity contribution is 7.09. The molecule has 6 nitrogen and oxygen atoms in total. The second kappa shape index (κ2) is 6.97. The minimum atomic E-state index is -0.00474. The van der Waals surface area contributed by atoms with Gasteiger partial charge in [-0.25, -0.2) is 4.98 Å². The summed E-state index contributed by atoms with van der Waals surface area (Å²) in [6.45, 7) is 3.44. The van der Waals surface area contributed by atoms with E-state index in [1.807, 2.05) is 22.4 Å². The Morgan fingerprint density at radius 1 is 1.22 bits per heavy atom. The molecule has 1 saturated heterocycles. The van der Waals surface area contributed by atoms with Gasteiger partial charge in [-0.3, -0.25) is 4.79 Å². The summed E-state index contributed by atoms with van der Waals surface area (Å²) < 4.78 is 0. The Balaban J connectivity index is 1.59. The fourth-order valence-electron chi connectivity index (χ4n) is 2.64. The lowest BCUT2D eigenvalue weighted by molar-refractivity contribution is 0.0741. The molecule has 0 bridgehead atoms. The van der Waals surface area contributed by atoms with Crippen molar-refractivity contribution in [3.8, 4) is 5.75 Å². The van der Waals surface area contributed by atoms with Crippen molar-refractivity contribution in [3.63, 3.8) is 0 Å². The van der Waals surface area contributed by atoms with Gasteiger partial charge in [0.05, 0.1) is 5.01 Å². The summed E-state index contributed by atoms with van der Waals surface area (Å²) >= 11 is 1.49. The molecule has 7 heteroatoms. The van der Waals surface area contributed by atoms with Crippen molar-refractivity contribution < 1.29 is 9.90 Å². The van der Waals surface area contributed by atoms with Crippen molar-refractivity contribution in [2.45, 2.75) is 6.42 Å². The van der Waals surface area contributed by atoms with Gasteiger partial charge in [0.1, 0.15) is 11.4 Å². The average molecular weight is 332 g/mol. The smallest absolute Gasteiger partial charge is 0.273 e. The Morgan fingerprint density at radius 2 is 1.91 bits per heavy atom. The molecule has 1 aliphatic rings. The van der Waals surface area contributed by atoms with Gasteiger partial charge >= 0.3 is 0 Å². The number of piperazine rings is 1. The standard InChI is InChI=1S/C16H20N4O2S/c17-6-5-15-18-14(11-23-15)16(22)20-9-7-19(8-10-20)12-1-3-13(21)4-2-12/h1-4,11,21H,5-10,17H2. The number of aromatic hydroxyl groups is 1. The van der Waals surface area contributed by atoms with Gasteiger partial charge in [-0.2, -0.15) is 0 Å². The van der Waals surface area contributed by atoms with Crippen molar-refractivity contribution in [2.75, 3.05) is 37.6 Å². The highest BCUT2D eigenvalue weighted by Gasteiger charge is 2.23. The lowest BCUT2D eigenvalue weighted by Gasteiger charge is -2.35. The number of carbonyl (C=O) groups is 1. The van der Waals surface area contributed by atoms with Crippen molar-refractivity contribution in [1.29, 1.82) is 0 Å². The summed E-state index contributed by atoms with van der Waals surface area (Å²) in [5.41, 5.74) is 7.11. The number of hydrogen-bond acceptors (Lipinski definition) is 6. The van der Waals surface area contributed by atoms with E-state index in [9.17, 15) is 9.90 Å². The second-order valence-electron chi connectivity index (χ2n) is 5.46. The van der Waals surface area contributed by atoms with Crippen LogP contribution >= 0.6 is 11.3 Å². The van der Waals surface area contributed by atoms with Crippen LogP contribution in [0.4, 0.5) is 5.69 Å². The van der Waals surface area contributed by atoms with Gasteiger partial charge in [0.2, 0.25) is 0 Å². The number of amides is 1. The van der Waals surface area contributed by atoms with Gasteiger partial charge in [-0.05, 0) is 30.8 Å². The van der Waals surface area contributed by atoms with E-state index in [2.05, 4.69) is 9.88 Å². The lowest BCUT2D eigenvalue weighted by Crippen LogP contribution is -2.48. The maximum atomic E-state index is 12.5. The zero-order valence-corrected chi connectivity index (χ0v) is 13.6. The van der Waals surface area contributed by atoms with Gasteiger partial charge < -0.3 is 20.6 Å². The highest BCUT2D eigenvalue weighted by atomic mass is 32.1. The fourth-order valence-corrected chi connectivity index (χ4v) is 3.43. The van der Waals surface area contributed by atoms with Crippen LogP contribution in [0.1, 0.15) is 15.5 Å². The van der Waals surface area contributed by atoms with Crippen LogP contribution in [0.2, 0.25) is 0 Å². The third kappa shape index (κ3) is 3.62. The van der Waals surface area contributed by atoms with Gasteiger partial charge in [-0.15, -0.1) is 11.3 Å². The van der Waals surface area contributed by atoms with Crippen LogP contribution in [0.3, 0.4) is 0 Å². The molecule has 1 aliphatic heterocycles. The minimum absolute atomic E-state index is 0.00474. The third-order valence-corrected chi connectivity index (χ3v) is 4.82. The first-order valence-electron chi connectivity index (χ1n) is 7.65. The first kappa shape index (κ1) is 15.8. The largest absolute Gasteiger partial charge is 0.508 e. The van der Waals surface area contributed by atoms with Crippen molar-refractivity contribution >= 4 is 22.9 Å². The molecule has 1 aromatic carbocycles. The van der Waals surface area contributed by atoms with Gasteiger partial charge in [0.15, 0.2) is 0 Å². The molecule has 2 heterocycles. The van der Waals surface area contributed by atoms with Gasteiger partial charge in [0, 0.05) is 43.7 Å². The van der Waals surface area contributed by atoms with E-state index >= 15 is 0 Å². The van der Waals surface area contributed by atoms with Crippen LogP contribution < -0.4 is 10.6 Å². The van der Waals surface area contributed by atoms with Crippen LogP contribution in [0.5, 0.6) is 5.75 Å². The molecule has 2 aromatic rings. The number of phenolic OH excluding ortho intramolecular Hbond substituents is 1. The molecule has 3 N–H and O–H groups in total. The number of hydrogen-bond donors (Lipinski definition) is 2. The highest BCUT2D eigenvalue weighted by Crippen LogP contribution is 2.20. The summed E-state index contributed by atoms with van der Waals surface area (Å²) in [6.07, 6.45) is 0.715. The van der Waals surface area contributed by atoms with E-state index in [4.69, 9.17) is 5.73 Å². The topological polar surface area (TPSA) is 82.7 Å². The molecule has 3 rings (SSSR count). The summed E-state index contributed by atoms with van der Waals surface area (Å²) in [7, 11) is 0. The number of thiazole rings is 1. The molecule has 0 unspecified atom stereocenters. The molecule has 0 saturated carbocycles. The lowest BCUT2D eigenvalue weighted by atomic mass is 10.2. The summed E-state index contributed by atoms with van der Waals surface area (Å²) in [5, 5.41) is 12.1. The predicted octanol–water partition coefficient (Wildman–Crippen LogP) is 1.31. The normalized spacial score (nSPS) is 15.0. The van der Waals surface area contributed by atoms with Crippen LogP contribution in [0.25, 0.3) is 0 Å². The summed E-state index contributed by atoms with van der Waals surface area (Å²) in [4.78, 5) is 20.9. The van der Waals surface area contributed by atoms with Crippen molar-refractivity contribution in [1.82, 2.24) is 9.88 Å². The Hall–Kier alpha value is -2.12. The molecular weight excluding hydrogens is 312 g/mol. The van der Waals surface area contributed by atoms with Crippen LogP contribution in [-0.2, 0) is 6.42 Å². The molecule has 0 spiro atoms. The van der Waals surface area contributed by atoms with E-state index in [0.717, 1.165) is 23.8 Å². The monoisotopic (exact) mass is 332 g/mol. The van der Waals surface area contributed by atoms with Crippen LogP contribution in [-0.4, -0.2) is 53.6 Å². The summed E-state index contributed by atoms with van der Waals surface area (Å²) in [5.74, 6) is 0.259. The Bertz CT molecular complexity index is 663. The predicted molar refractivity (Wildman–Crippen MR) is 91.1 cm³/mol. The third-order valence-electron chi connectivity index (χ3n) is 3.91. The maximum absolute atomic E-state index is 12.5. The number of phenols is 1. The number of nitrogens with two attached hydrogens (primary N) is 1. The molecule has 23 heavy (non-hydrogen) atoms. The number of aromatic nitrogens is 1. The molecule has 122 valence electrons. The van der Waals surface area contributed by atoms with Gasteiger partial charge in [0.25, 0.3) is 5.91 Å².